The molecular weight excluding hydrogens is 412 g/mol. The molecule has 0 aliphatic heterocycles. The predicted molar refractivity (Wildman–Crippen MR) is 115 cm³/mol. The molecule has 0 aliphatic rings. The van der Waals surface area contributed by atoms with Crippen molar-refractivity contribution in [2.45, 2.75) is 11.7 Å². The van der Waals surface area contributed by atoms with Crippen molar-refractivity contribution in [2.75, 3.05) is 31.9 Å². The van der Waals surface area contributed by atoms with E-state index in [1.165, 1.54) is 18.9 Å². The standard InChI is InChI=1S/C20H21ClN4O3S/c1-27-11-10-25-19(14-6-4-3-5-7-14)23-24-20(25)29-13-18(26)22-16-12-15(21)8-9-17(16)28-2/h3-9,12H,10-11,13H2,1-2H3,(H,22,26). The van der Waals surface area contributed by atoms with Crippen molar-refractivity contribution in [2.24, 2.45) is 0 Å². The monoisotopic (exact) mass is 432 g/mol. The molecule has 3 rings (SSSR count). The molecule has 0 fully saturated rings. The molecule has 0 bridgehead atoms. The first kappa shape index (κ1) is 21.2. The Morgan fingerprint density at radius 1 is 1.17 bits per heavy atom. The number of rotatable bonds is 9. The number of hydrogen-bond acceptors (Lipinski definition) is 6. The molecule has 0 aliphatic carbocycles. The van der Waals surface area contributed by atoms with Gasteiger partial charge in [0.05, 0.1) is 31.7 Å². The number of aromatic nitrogens is 3. The van der Waals surface area contributed by atoms with Crippen LogP contribution in [0.1, 0.15) is 0 Å². The summed E-state index contributed by atoms with van der Waals surface area (Å²) in [5.74, 6) is 1.25. The fourth-order valence-corrected chi connectivity index (χ4v) is 3.61. The van der Waals surface area contributed by atoms with Crippen molar-refractivity contribution in [3.63, 3.8) is 0 Å². The summed E-state index contributed by atoms with van der Waals surface area (Å²) in [4.78, 5) is 12.5. The zero-order valence-corrected chi connectivity index (χ0v) is 17.7. The number of benzene rings is 2. The highest BCUT2D eigenvalue weighted by atomic mass is 35.5. The maximum absolute atomic E-state index is 12.5. The Kier molecular flexibility index (Phi) is 7.51. The van der Waals surface area contributed by atoms with E-state index in [0.717, 1.165) is 11.4 Å². The van der Waals surface area contributed by atoms with Gasteiger partial charge in [0.2, 0.25) is 5.91 Å². The SMILES string of the molecule is COCCn1c(SCC(=O)Nc2cc(Cl)ccc2OC)nnc1-c1ccccc1. The molecule has 3 aromatic rings. The lowest BCUT2D eigenvalue weighted by Gasteiger charge is -2.11. The number of thioether (sulfide) groups is 1. The number of methoxy groups -OCH3 is 2. The summed E-state index contributed by atoms with van der Waals surface area (Å²) in [6.45, 7) is 1.09. The highest BCUT2D eigenvalue weighted by molar-refractivity contribution is 7.99. The first-order chi connectivity index (χ1) is 14.1. The van der Waals surface area contributed by atoms with Crippen LogP contribution in [0.4, 0.5) is 5.69 Å². The van der Waals surface area contributed by atoms with E-state index >= 15 is 0 Å². The van der Waals surface area contributed by atoms with Crippen LogP contribution in [0.2, 0.25) is 5.02 Å². The molecule has 0 atom stereocenters. The quantitative estimate of drug-likeness (QED) is 0.515. The third-order valence-electron chi connectivity index (χ3n) is 4.04. The summed E-state index contributed by atoms with van der Waals surface area (Å²) in [5.41, 5.74) is 1.48. The Morgan fingerprint density at radius 3 is 2.69 bits per heavy atom. The summed E-state index contributed by atoms with van der Waals surface area (Å²) in [5, 5.41) is 12.6. The maximum Gasteiger partial charge on any atom is 0.234 e. The fourth-order valence-electron chi connectivity index (χ4n) is 2.67. The molecule has 1 heterocycles. The molecule has 2 aromatic carbocycles. The lowest BCUT2D eigenvalue weighted by molar-refractivity contribution is -0.113. The van der Waals surface area contributed by atoms with Gasteiger partial charge >= 0.3 is 0 Å². The first-order valence-electron chi connectivity index (χ1n) is 8.86. The third-order valence-corrected chi connectivity index (χ3v) is 5.24. The predicted octanol–water partition coefficient (Wildman–Crippen LogP) is 3.98. The average Bonchev–Trinajstić information content (AvgIpc) is 3.14. The van der Waals surface area contributed by atoms with Gasteiger partial charge in [-0.3, -0.25) is 9.36 Å². The Balaban J connectivity index is 1.72. The average molecular weight is 433 g/mol. The smallest absolute Gasteiger partial charge is 0.234 e. The van der Waals surface area contributed by atoms with Gasteiger partial charge in [-0.1, -0.05) is 53.7 Å². The van der Waals surface area contributed by atoms with E-state index < -0.39 is 0 Å². The van der Waals surface area contributed by atoms with Crippen molar-refractivity contribution in [3.05, 3.63) is 53.6 Å². The Bertz CT molecular complexity index is 966. The molecular formula is C20H21ClN4O3S. The Morgan fingerprint density at radius 2 is 1.97 bits per heavy atom. The highest BCUT2D eigenvalue weighted by Crippen LogP contribution is 2.28. The molecule has 0 radical (unpaired) electrons. The van der Waals surface area contributed by atoms with Crippen LogP contribution >= 0.6 is 23.4 Å². The molecule has 29 heavy (non-hydrogen) atoms. The third kappa shape index (κ3) is 5.50. The molecule has 1 aromatic heterocycles. The second-order valence-corrected chi connectivity index (χ2v) is 7.38. The summed E-state index contributed by atoms with van der Waals surface area (Å²) < 4.78 is 12.4. The summed E-state index contributed by atoms with van der Waals surface area (Å²) >= 11 is 7.32. The van der Waals surface area contributed by atoms with Gasteiger partial charge in [-0.05, 0) is 18.2 Å². The number of hydrogen-bond donors (Lipinski definition) is 1. The van der Waals surface area contributed by atoms with Crippen LogP contribution in [0.5, 0.6) is 5.75 Å². The van der Waals surface area contributed by atoms with Crippen LogP contribution in [-0.2, 0) is 16.1 Å². The van der Waals surface area contributed by atoms with Crippen LogP contribution < -0.4 is 10.1 Å². The molecule has 7 nitrogen and oxygen atoms in total. The van der Waals surface area contributed by atoms with Crippen molar-refractivity contribution >= 4 is 35.0 Å². The molecule has 9 heteroatoms. The molecule has 0 spiro atoms. The molecule has 0 unspecified atom stereocenters. The summed E-state index contributed by atoms with van der Waals surface area (Å²) in [7, 11) is 3.18. The van der Waals surface area contributed by atoms with Crippen LogP contribution in [0.25, 0.3) is 11.4 Å². The largest absolute Gasteiger partial charge is 0.495 e. The minimum Gasteiger partial charge on any atom is -0.495 e. The Labute approximate surface area is 178 Å². The molecule has 0 saturated carbocycles. The maximum atomic E-state index is 12.5. The number of carbonyl (C=O) groups is 1. The summed E-state index contributed by atoms with van der Waals surface area (Å²) in [6, 6.07) is 14.8. The number of anilines is 1. The second-order valence-electron chi connectivity index (χ2n) is 6.00. The Hall–Kier alpha value is -2.55. The number of nitrogens with zero attached hydrogens (tertiary/aromatic N) is 3. The van der Waals surface area contributed by atoms with Crippen LogP contribution in [-0.4, -0.2) is 47.3 Å². The van der Waals surface area contributed by atoms with E-state index in [0.29, 0.717) is 34.8 Å². The van der Waals surface area contributed by atoms with E-state index in [4.69, 9.17) is 21.1 Å². The number of amides is 1. The van der Waals surface area contributed by atoms with Crippen LogP contribution in [0.15, 0.2) is 53.7 Å². The first-order valence-corrected chi connectivity index (χ1v) is 10.2. The molecule has 152 valence electrons. The van der Waals surface area contributed by atoms with Crippen molar-refractivity contribution in [1.29, 1.82) is 0 Å². The number of carbonyl (C=O) groups excluding carboxylic acids is 1. The summed E-state index contributed by atoms with van der Waals surface area (Å²) in [6.07, 6.45) is 0. The minimum atomic E-state index is -0.196. The van der Waals surface area contributed by atoms with Gasteiger partial charge in [0, 0.05) is 17.7 Å². The number of halogens is 1. The van der Waals surface area contributed by atoms with Gasteiger partial charge < -0.3 is 14.8 Å². The van der Waals surface area contributed by atoms with Gasteiger partial charge in [0.15, 0.2) is 11.0 Å². The van der Waals surface area contributed by atoms with Gasteiger partial charge in [-0.25, -0.2) is 0 Å². The van der Waals surface area contributed by atoms with Crippen LogP contribution in [0, 0.1) is 0 Å². The normalized spacial score (nSPS) is 10.7. The highest BCUT2D eigenvalue weighted by Gasteiger charge is 2.16. The van der Waals surface area contributed by atoms with Gasteiger partial charge in [0.25, 0.3) is 0 Å². The van der Waals surface area contributed by atoms with E-state index in [-0.39, 0.29) is 11.7 Å². The lowest BCUT2D eigenvalue weighted by atomic mass is 10.2. The molecule has 1 amide bonds. The topological polar surface area (TPSA) is 78.3 Å². The minimum absolute atomic E-state index is 0.162. The molecule has 0 saturated heterocycles. The fraction of sp³-hybridized carbons (Fsp3) is 0.250. The van der Waals surface area contributed by atoms with E-state index in [1.54, 1.807) is 25.3 Å². The van der Waals surface area contributed by atoms with Gasteiger partial charge in [-0.2, -0.15) is 0 Å². The number of nitrogens with one attached hydrogen (secondary N) is 1. The van der Waals surface area contributed by atoms with Crippen molar-refractivity contribution < 1.29 is 14.3 Å². The van der Waals surface area contributed by atoms with Crippen molar-refractivity contribution in [3.8, 4) is 17.1 Å². The zero-order valence-electron chi connectivity index (χ0n) is 16.1. The second kappa shape index (κ2) is 10.3. The van der Waals surface area contributed by atoms with Crippen molar-refractivity contribution in [1.82, 2.24) is 14.8 Å². The van der Waals surface area contributed by atoms with Crippen LogP contribution in [0.3, 0.4) is 0 Å². The van der Waals surface area contributed by atoms with E-state index in [2.05, 4.69) is 15.5 Å². The van der Waals surface area contributed by atoms with Gasteiger partial charge in [-0.15, -0.1) is 10.2 Å². The molecule has 1 N–H and O–H groups in total. The van der Waals surface area contributed by atoms with E-state index in [9.17, 15) is 4.79 Å². The lowest BCUT2D eigenvalue weighted by Crippen LogP contribution is -2.15. The van der Waals surface area contributed by atoms with E-state index in [1.807, 2.05) is 34.9 Å². The zero-order chi connectivity index (χ0) is 20.6. The van der Waals surface area contributed by atoms with Gasteiger partial charge in [0.1, 0.15) is 5.75 Å². The number of ether oxygens (including phenoxy) is 2.